The van der Waals surface area contributed by atoms with E-state index < -0.39 is 5.69 Å². The van der Waals surface area contributed by atoms with Crippen molar-refractivity contribution in [1.82, 2.24) is 9.55 Å². The quantitative estimate of drug-likeness (QED) is 0.675. The van der Waals surface area contributed by atoms with E-state index in [9.17, 15) is 9.59 Å². The summed E-state index contributed by atoms with van der Waals surface area (Å²) >= 11 is 5.57. The molecule has 0 aliphatic rings. The molecule has 12 heavy (non-hydrogen) atoms. The Morgan fingerprint density at radius 1 is 1.75 bits per heavy atom. The van der Waals surface area contributed by atoms with Gasteiger partial charge in [-0.15, -0.1) is 0 Å². The molecule has 0 amide bonds. The van der Waals surface area contributed by atoms with E-state index in [1.165, 1.54) is 23.9 Å². The summed E-state index contributed by atoms with van der Waals surface area (Å²) in [5.41, 5.74) is -0.463. The first-order valence-corrected chi connectivity index (χ1v) is 3.69. The number of hydrogen-bond donors (Lipinski definition) is 0. The van der Waals surface area contributed by atoms with Gasteiger partial charge in [-0.1, -0.05) is 11.6 Å². The van der Waals surface area contributed by atoms with Gasteiger partial charge in [-0.05, 0) is 6.92 Å². The van der Waals surface area contributed by atoms with Gasteiger partial charge >= 0.3 is 5.69 Å². The van der Waals surface area contributed by atoms with Crippen molar-refractivity contribution in [3.63, 3.8) is 0 Å². The number of rotatable bonds is 2. The molecule has 1 heterocycles. The van der Waals surface area contributed by atoms with Crippen LogP contribution in [-0.4, -0.2) is 15.3 Å². The van der Waals surface area contributed by atoms with Gasteiger partial charge in [-0.3, -0.25) is 9.36 Å². The van der Waals surface area contributed by atoms with Crippen LogP contribution in [0.4, 0.5) is 0 Å². The number of carbonyl (C=O) groups is 1. The van der Waals surface area contributed by atoms with Crippen LogP contribution in [0.3, 0.4) is 0 Å². The standard InChI is InChI=1S/C7H7ClN2O2/c1-5(11)3-10-4-6(8)2-9-7(10)12/h2,4H,3H2,1H3. The molecule has 0 radical (unpaired) electrons. The summed E-state index contributed by atoms with van der Waals surface area (Å²) in [7, 11) is 0. The zero-order chi connectivity index (χ0) is 9.14. The third kappa shape index (κ3) is 2.17. The molecule has 5 heteroatoms. The van der Waals surface area contributed by atoms with E-state index in [-0.39, 0.29) is 12.3 Å². The average molecular weight is 187 g/mol. The maximum atomic E-state index is 10.9. The lowest BCUT2D eigenvalue weighted by atomic mass is 10.4. The van der Waals surface area contributed by atoms with Gasteiger partial charge < -0.3 is 0 Å². The molecule has 0 bridgehead atoms. The number of halogens is 1. The fourth-order valence-corrected chi connectivity index (χ4v) is 0.948. The normalized spacial score (nSPS) is 9.83. The van der Waals surface area contributed by atoms with Crippen LogP contribution in [0.25, 0.3) is 0 Å². The molecule has 0 aromatic carbocycles. The lowest BCUT2D eigenvalue weighted by molar-refractivity contribution is -0.117. The lowest BCUT2D eigenvalue weighted by Gasteiger charge is -2.00. The zero-order valence-corrected chi connectivity index (χ0v) is 7.21. The van der Waals surface area contributed by atoms with Gasteiger partial charge in [-0.25, -0.2) is 9.78 Å². The van der Waals surface area contributed by atoms with Crippen LogP contribution >= 0.6 is 11.6 Å². The van der Waals surface area contributed by atoms with Crippen molar-refractivity contribution in [3.05, 3.63) is 27.9 Å². The van der Waals surface area contributed by atoms with Gasteiger partial charge in [0, 0.05) is 6.20 Å². The molecule has 0 unspecified atom stereocenters. The van der Waals surface area contributed by atoms with Crippen molar-refractivity contribution in [2.24, 2.45) is 0 Å². The van der Waals surface area contributed by atoms with Crippen LogP contribution in [0.5, 0.6) is 0 Å². The molecular formula is C7H7ClN2O2. The molecule has 0 saturated carbocycles. The van der Waals surface area contributed by atoms with Crippen LogP contribution < -0.4 is 5.69 Å². The van der Waals surface area contributed by atoms with Gasteiger partial charge in [0.2, 0.25) is 0 Å². The summed E-state index contributed by atoms with van der Waals surface area (Å²) < 4.78 is 1.17. The number of Topliss-reactive ketones (excluding diaryl/α,β-unsaturated/α-hetero) is 1. The van der Waals surface area contributed by atoms with Crippen LogP contribution in [0.1, 0.15) is 6.92 Å². The Labute approximate surface area is 73.8 Å². The molecule has 0 saturated heterocycles. The number of ketones is 1. The minimum atomic E-state index is -0.463. The van der Waals surface area contributed by atoms with Crippen LogP contribution in [0.15, 0.2) is 17.2 Å². The summed E-state index contributed by atoms with van der Waals surface area (Å²) in [4.78, 5) is 25.0. The summed E-state index contributed by atoms with van der Waals surface area (Å²) in [6, 6.07) is 0. The van der Waals surface area contributed by atoms with Gasteiger partial charge in [0.1, 0.15) is 5.78 Å². The second-order valence-electron chi connectivity index (χ2n) is 2.38. The highest BCUT2D eigenvalue weighted by Gasteiger charge is 2.00. The number of hydrogen-bond acceptors (Lipinski definition) is 3. The number of nitrogens with zero attached hydrogens (tertiary/aromatic N) is 2. The molecular weight excluding hydrogens is 180 g/mol. The minimum Gasteiger partial charge on any atom is -0.298 e. The largest absolute Gasteiger partial charge is 0.348 e. The molecule has 0 N–H and O–H groups in total. The first-order valence-electron chi connectivity index (χ1n) is 3.31. The first-order chi connectivity index (χ1) is 5.59. The van der Waals surface area contributed by atoms with Crippen LogP contribution in [0, 0.1) is 0 Å². The van der Waals surface area contributed by atoms with Gasteiger partial charge in [0.15, 0.2) is 0 Å². The smallest absolute Gasteiger partial charge is 0.298 e. The van der Waals surface area contributed by atoms with E-state index in [4.69, 9.17) is 11.6 Å². The molecule has 0 aliphatic heterocycles. The van der Waals surface area contributed by atoms with E-state index in [2.05, 4.69) is 4.98 Å². The monoisotopic (exact) mass is 186 g/mol. The van der Waals surface area contributed by atoms with Gasteiger partial charge in [0.25, 0.3) is 0 Å². The highest BCUT2D eigenvalue weighted by molar-refractivity contribution is 6.30. The molecule has 1 aromatic heterocycles. The van der Waals surface area contributed by atoms with Crippen LogP contribution in [-0.2, 0) is 11.3 Å². The van der Waals surface area contributed by atoms with E-state index in [1.54, 1.807) is 0 Å². The topological polar surface area (TPSA) is 52.0 Å². The highest BCUT2D eigenvalue weighted by Crippen LogP contribution is 2.00. The van der Waals surface area contributed by atoms with Gasteiger partial charge in [0.05, 0.1) is 17.8 Å². The summed E-state index contributed by atoms with van der Waals surface area (Å²) in [5, 5.41) is 0.343. The first kappa shape index (κ1) is 8.93. The third-order valence-electron chi connectivity index (χ3n) is 1.22. The minimum absolute atomic E-state index is 0.0202. The summed E-state index contributed by atoms with van der Waals surface area (Å²) in [6.07, 6.45) is 2.64. The lowest BCUT2D eigenvalue weighted by Crippen LogP contribution is -2.24. The van der Waals surface area contributed by atoms with Crippen LogP contribution in [0.2, 0.25) is 5.02 Å². The Morgan fingerprint density at radius 2 is 2.42 bits per heavy atom. The fraction of sp³-hybridized carbons (Fsp3) is 0.286. The molecule has 0 fully saturated rings. The Balaban J connectivity index is 3.06. The molecule has 4 nitrogen and oxygen atoms in total. The van der Waals surface area contributed by atoms with Crippen molar-refractivity contribution in [1.29, 1.82) is 0 Å². The molecule has 64 valence electrons. The molecule has 1 aromatic rings. The Bertz CT molecular complexity index is 359. The summed E-state index contributed by atoms with van der Waals surface area (Å²) in [5.74, 6) is -0.110. The highest BCUT2D eigenvalue weighted by atomic mass is 35.5. The predicted octanol–water partition coefficient (Wildman–Crippen LogP) is 0.486. The van der Waals surface area contributed by atoms with Crippen molar-refractivity contribution >= 4 is 17.4 Å². The SMILES string of the molecule is CC(=O)Cn1cc(Cl)cnc1=O. The second kappa shape index (κ2) is 3.49. The molecule has 1 rings (SSSR count). The zero-order valence-electron chi connectivity index (χ0n) is 6.45. The second-order valence-corrected chi connectivity index (χ2v) is 2.82. The average Bonchev–Trinajstić information content (AvgIpc) is 1.96. The maximum absolute atomic E-state index is 10.9. The fourth-order valence-electron chi connectivity index (χ4n) is 0.782. The summed E-state index contributed by atoms with van der Waals surface area (Å²) in [6.45, 7) is 1.42. The van der Waals surface area contributed by atoms with Crippen molar-refractivity contribution in [3.8, 4) is 0 Å². The van der Waals surface area contributed by atoms with E-state index in [1.807, 2.05) is 0 Å². The predicted molar refractivity (Wildman–Crippen MR) is 44.2 cm³/mol. The van der Waals surface area contributed by atoms with E-state index in [0.29, 0.717) is 5.02 Å². The Hall–Kier alpha value is -1.16. The van der Waals surface area contributed by atoms with Crippen molar-refractivity contribution in [2.75, 3.05) is 0 Å². The van der Waals surface area contributed by atoms with E-state index >= 15 is 0 Å². The van der Waals surface area contributed by atoms with Crippen molar-refractivity contribution < 1.29 is 4.79 Å². The van der Waals surface area contributed by atoms with E-state index in [0.717, 1.165) is 0 Å². The molecule has 0 atom stereocenters. The Kier molecular flexibility index (Phi) is 2.60. The van der Waals surface area contributed by atoms with Gasteiger partial charge in [-0.2, -0.15) is 0 Å². The number of aromatic nitrogens is 2. The molecule has 0 aliphatic carbocycles. The Morgan fingerprint density at radius 3 is 3.00 bits per heavy atom. The number of carbonyl (C=O) groups excluding carboxylic acids is 1. The maximum Gasteiger partial charge on any atom is 0.348 e. The van der Waals surface area contributed by atoms with Crippen molar-refractivity contribution in [2.45, 2.75) is 13.5 Å². The third-order valence-corrected chi connectivity index (χ3v) is 1.41. The molecule has 0 spiro atoms.